The van der Waals surface area contributed by atoms with E-state index in [1.807, 2.05) is 19.1 Å². The smallest absolute Gasteiger partial charge is 0.161 e. The lowest BCUT2D eigenvalue weighted by Gasteiger charge is -2.36. The predicted octanol–water partition coefficient (Wildman–Crippen LogP) is 2.65. The van der Waals surface area contributed by atoms with Crippen LogP contribution in [0.3, 0.4) is 0 Å². The van der Waals surface area contributed by atoms with Crippen LogP contribution in [0.4, 0.5) is 0 Å². The Kier molecular flexibility index (Phi) is 5.26. The van der Waals surface area contributed by atoms with E-state index in [1.165, 1.54) is 0 Å². The number of ether oxygens (including phenoxy) is 2. The van der Waals surface area contributed by atoms with Crippen molar-refractivity contribution in [2.75, 3.05) is 26.8 Å². The molecule has 0 spiro atoms. The monoisotopic (exact) mass is 279 g/mol. The fourth-order valence-corrected chi connectivity index (χ4v) is 2.73. The second kappa shape index (κ2) is 6.95. The molecule has 1 aromatic rings. The highest BCUT2D eigenvalue weighted by Gasteiger charge is 2.25. The predicted molar refractivity (Wildman–Crippen MR) is 79.1 cm³/mol. The maximum Gasteiger partial charge on any atom is 0.161 e. The minimum Gasteiger partial charge on any atom is -0.504 e. The van der Waals surface area contributed by atoms with E-state index in [9.17, 15) is 5.11 Å². The number of rotatable bonds is 5. The lowest BCUT2D eigenvalue weighted by atomic mass is 9.95. The van der Waals surface area contributed by atoms with Crippen LogP contribution in [0.2, 0.25) is 0 Å². The Bertz CT molecular complexity index is 436. The third-order valence-electron chi connectivity index (χ3n) is 4.01. The number of aromatic hydroxyl groups is 1. The van der Waals surface area contributed by atoms with Gasteiger partial charge in [-0.15, -0.1) is 0 Å². The summed E-state index contributed by atoms with van der Waals surface area (Å²) in [6.07, 6.45) is 1.47. The first-order chi connectivity index (χ1) is 9.63. The molecule has 0 aromatic heterocycles. The average molecular weight is 279 g/mol. The van der Waals surface area contributed by atoms with Gasteiger partial charge in [-0.05, 0) is 43.5 Å². The first-order valence-electron chi connectivity index (χ1n) is 7.33. The summed E-state index contributed by atoms with van der Waals surface area (Å²) in [5, 5.41) is 9.73. The van der Waals surface area contributed by atoms with E-state index in [4.69, 9.17) is 9.47 Å². The van der Waals surface area contributed by atoms with Gasteiger partial charge in [0.05, 0.1) is 12.7 Å². The van der Waals surface area contributed by atoms with Gasteiger partial charge >= 0.3 is 0 Å². The second-order valence-electron chi connectivity index (χ2n) is 5.51. The van der Waals surface area contributed by atoms with Crippen LogP contribution in [-0.4, -0.2) is 42.9 Å². The molecule has 20 heavy (non-hydrogen) atoms. The summed E-state index contributed by atoms with van der Waals surface area (Å²) >= 11 is 0. The Morgan fingerprint density at radius 1 is 1.40 bits per heavy atom. The highest BCUT2D eigenvalue weighted by Crippen LogP contribution is 2.28. The van der Waals surface area contributed by atoms with Gasteiger partial charge < -0.3 is 14.6 Å². The van der Waals surface area contributed by atoms with E-state index < -0.39 is 0 Å². The molecular weight excluding hydrogens is 254 g/mol. The summed E-state index contributed by atoms with van der Waals surface area (Å²) in [5.41, 5.74) is 1.16. The Morgan fingerprint density at radius 3 is 2.90 bits per heavy atom. The summed E-state index contributed by atoms with van der Waals surface area (Å²) in [4.78, 5) is 2.40. The van der Waals surface area contributed by atoms with E-state index >= 15 is 0 Å². The molecule has 2 atom stereocenters. The minimum absolute atomic E-state index is 0.206. The van der Waals surface area contributed by atoms with E-state index in [1.54, 1.807) is 13.2 Å². The molecule has 2 unspecified atom stereocenters. The first kappa shape index (κ1) is 15.1. The number of nitrogens with zero attached hydrogens (tertiary/aromatic N) is 1. The molecule has 1 aliphatic heterocycles. The number of likely N-dealkylation sites (tertiary alicyclic amines) is 1. The first-order valence-corrected chi connectivity index (χ1v) is 7.33. The molecule has 112 valence electrons. The molecule has 1 saturated heterocycles. The van der Waals surface area contributed by atoms with Crippen LogP contribution < -0.4 is 4.74 Å². The highest BCUT2D eigenvalue weighted by atomic mass is 16.5. The van der Waals surface area contributed by atoms with Crippen LogP contribution in [-0.2, 0) is 11.3 Å². The molecular formula is C16H25NO3. The molecule has 0 bridgehead atoms. The highest BCUT2D eigenvalue weighted by molar-refractivity contribution is 5.41. The zero-order valence-corrected chi connectivity index (χ0v) is 12.6. The molecule has 1 fully saturated rings. The van der Waals surface area contributed by atoms with Gasteiger partial charge in [0.15, 0.2) is 11.5 Å². The van der Waals surface area contributed by atoms with Crippen molar-refractivity contribution in [1.82, 2.24) is 4.90 Å². The molecule has 0 aliphatic carbocycles. The number of hydrogen-bond acceptors (Lipinski definition) is 4. The molecule has 1 N–H and O–H groups in total. The normalized spacial score (nSPS) is 23.8. The molecule has 0 amide bonds. The van der Waals surface area contributed by atoms with E-state index in [0.717, 1.165) is 31.6 Å². The summed E-state index contributed by atoms with van der Waals surface area (Å²) in [6.45, 7) is 7.64. The molecule has 2 rings (SSSR count). The van der Waals surface area contributed by atoms with Crippen LogP contribution in [0.5, 0.6) is 11.5 Å². The van der Waals surface area contributed by atoms with Crippen LogP contribution in [0.15, 0.2) is 18.2 Å². The number of benzene rings is 1. The summed E-state index contributed by atoms with van der Waals surface area (Å²) < 4.78 is 11.0. The Morgan fingerprint density at radius 2 is 2.20 bits per heavy atom. The van der Waals surface area contributed by atoms with Crippen LogP contribution >= 0.6 is 0 Å². The van der Waals surface area contributed by atoms with Gasteiger partial charge in [-0.3, -0.25) is 4.90 Å². The van der Waals surface area contributed by atoms with E-state index in [2.05, 4.69) is 11.8 Å². The average Bonchev–Trinajstić information content (AvgIpc) is 2.45. The summed E-state index contributed by atoms with van der Waals surface area (Å²) in [5.74, 6) is 1.39. The number of piperidine rings is 1. The minimum atomic E-state index is 0.206. The number of hydrogen-bond donors (Lipinski definition) is 1. The van der Waals surface area contributed by atoms with Crippen molar-refractivity contribution in [3.63, 3.8) is 0 Å². The van der Waals surface area contributed by atoms with Crippen molar-refractivity contribution < 1.29 is 14.6 Å². The van der Waals surface area contributed by atoms with Crippen LogP contribution in [0.1, 0.15) is 25.8 Å². The summed E-state index contributed by atoms with van der Waals surface area (Å²) in [7, 11) is 1.79. The molecule has 0 saturated carbocycles. The molecule has 1 aliphatic rings. The fraction of sp³-hybridized carbons (Fsp3) is 0.625. The maximum absolute atomic E-state index is 9.73. The molecule has 4 nitrogen and oxygen atoms in total. The van der Waals surface area contributed by atoms with Crippen LogP contribution in [0.25, 0.3) is 0 Å². The van der Waals surface area contributed by atoms with Crippen LogP contribution in [0, 0.1) is 5.92 Å². The fourth-order valence-electron chi connectivity index (χ4n) is 2.73. The molecule has 0 radical (unpaired) electrons. The Labute approximate surface area is 121 Å². The van der Waals surface area contributed by atoms with E-state index in [0.29, 0.717) is 24.4 Å². The summed E-state index contributed by atoms with van der Waals surface area (Å²) in [6, 6.07) is 5.59. The number of phenols is 1. The SMILES string of the molecule is CCOc1cc(CN2CCC(C)C(OC)C2)ccc1O. The lowest BCUT2D eigenvalue weighted by molar-refractivity contribution is -0.00746. The lowest BCUT2D eigenvalue weighted by Crippen LogP contribution is -2.43. The van der Waals surface area contributed by atoms with Gasteiger partial charge in [0, 0.05) is 20.2 Å². The van der Waals surface area contributed by atoms with Crippen molar-refractivity contribution in [1.29, 1.82) is 0 Å². The van der Waals surface area contributed by atoms with Crippen molar-refractivity contribution in [3.05, 3.63) is 23.8 Å². The third kappa shape index (κ3) is 3.64. The van der Waals surface area contributed by atoms with Gasteiger partial charge in [0.1, 0.15) is 0 Å². The van der Waals surface area contributed by atoms with Crippen molar-refractivity contribution in [2.24, 2.45) is 5.92 Å². The molecule has 1 aromatic carbocycles. The quantitative estimate of drug-likeness (QED) is 0.899. The van der Waals surface area contributed by atoms with Gasteiger partial charge in [-0.1, -0.05) is 13.0 Å². The standard InChI is InChI=1S/C16H25NO3/c1-4-20-15-9-13(5-6-14(15)18)10-17-8-7-12(2)16(11-17)19-3/h5-6,9,12,16,18H,4,7-8,10-11H2,1-3H3. The van der Waals surface area contributed by atoms with Crippen molar-refractivity contribution in [3.8, 4) is 11.5 Å². The van der Waals surface area contributed by atoms with E-state index in [-0.39, 0.29) is 5.75 Å². The topological polar surface area (TPSA) is 41.9 Å². The molecule has 4 heteroatoms. The molecule has 1 heterocycles. The van der Waals surface area contributed by atoms with Gasteiger partial charge in [0.25, 0.3) is 0 Å². The van der Waals surface area contributed by atoms with Crippen molar-refractivity contribution in [2.45, 2.75) is 32.9 Å². The van der Waals surface area contributed by atoms with Gasteiger partial charge in [0.2, 0.25) is 0 Å². The maximum atomic E-state index is 9.73. The second-order valence-corrected chi connectivity index (χ2v) is 5.51. The largest absolute Gasteiger partial charge is 0.504 e. The van der Waals surface area contributed by atoms with Gasteiger partial charge in [-0.2, -0.15) is 0 Å². The van der Waals surface area contributed by atoms with Crippen molar-refractivity contribution >= 4 is 0 Å². The van der Waals surface area contributed by atoms with Gasteiger partial charge in [-0.25, -0.2) is 0 Å². The Hall–Kier alpha value is -1.26. The third-order valence-corrected chi connectivity index (χ3v) is 4.01. The number of methoxy groups -OCH3 is 1. The zero-order chi connectivity index (χ0) is 14.5. The number of phenolic OH excluding ortho intramolecular Hbond substituents is 1. The zero-order valence-electron chi connectivity index (χ0n) is 12.6. The Balaban J connectivity index is 2.01.